The molecule has 1 atom stereocenters. The maximum absolute atomic E-state index is 11.4. The van der Waals surface area contributed by atoms with Crippen molar-refractivity contribution in [2.24, 2.45) is 5.14 Å². The largest absolute Gasteiger partial charge is 0.449 e. The summed E-state index contributed by atoms with van der Waals surface area (Å²) in [5, 5.41) is 11.8. The molecule has 0 bridgehead atoms. The molecule has 32 heavy (non-hydrogen) atoms. The number of ketones is 1. The van der Waals surface area contributed by atoms with Crippen LogP contribution >= 0.6 is 0 Å². The van der Waals surface area contributed by atoms with E-state index in [2.05, 4.69) is 32.7 Å². The molecule has 0 saturated carbocycles. The average Bonchev–Trinajstić information content (AvgIpc) is 2.75. The van der Waals surface area contributed by atoms with Crippen LogP contribution in [0.25, 0.3) is 0 Å². The first-order valence-electron chi connectivity index (χ1n) is 9.37. The zero-order valence-electron chi connectivity index (χ0n) is 17.1. The Kier molecular flexibility index (Phi) is 9.29. The highest BCUT2D eigenvalue weighted by Gasteiger charge is 2.33. The molecule has 3 aromatic rings. The zero-order chi connectivity index (χ0) is 23.6. The number of nitrogens with zero attached hydrogens (tertiary/aromatic N) is 2. The Labute approximate surface area is 185 Å². The second-order valence-corrected chi connectivity index (χ2v) is 7.50. The van der Waals surface area contributed by atoms with E-state index in [1.807, 2.05) is 30.3 Å². The molecule has 2 aromatic carbocycles. The first kappa shape index (κ1) is 25.0. The van der Waals surface area contributed by atoms with E-state index in [-0.39, 0.29) is 0 Å². The molecule has 0 fully saturated rings. The lowest BCUT2D eigenvalue weighted by Crippen LogP contribution is -2.18. The first-order valence-corrected chi connectivity index (χ1v) is 10.6. The molecule has 0 aliphatic heterocycles. The van der Waals surface area contributed by atoms with Gasteiger partial charge in [0.15, 0.2) is 0 Å². The van der Waals surface area contributed by atoms with Gasteiger partial charge >= 0.3 is 6.18 Å². The summed E-state index contributed by atoms with van der Waals surface area (Å²) in [6, 6.07) is 19.1. The molecule has 0 radical (unpaired) electrons. The van der Waals surface area contributed by atoms with E-state index in [1.165, 1.54) is 5.56 Å². The lowest BCUT2D eigenvalue weighted by molar-refractivity contribution is -0.168. The Bertz CT molecular complexity index is 1050. The summed E-state index contributed by atoms with van der Waals surface area (Å²) in [5.74, 6) is -0.552. The lowest BCUT2D eigenvalue weighted by Gasteiger charge is -2.09. The van der Waals surface area contributed by atoms with Crippen LogP contribution < -0.4 is 15.8 Å². The molecular formula is C21H22F3N5O2S. The standard InChI is InChI=1S/C18H19N5OS.C3H3F3O/c19-25(24)16-8-4-7-15(13-16)22-18-21-12-10-17(23-18)20-11-9-14-5-2-1-3-6-14;1-2(7)3(4,5)6/h1-8,10,12-13H,9,11,19H2,(H2,20,21,22,23);1H3. The minimum absolute atomic E-state index is 0.463. The summed E-state index contributed by atoms with van der Waals surface area (Å²) >= 11 is 0. The summed E-state index contributed by atoms with van der Waals surface area (Å²) < 4.78 is 43.8. The first-order chi connectivity index (χ1) is 15.1. The van der Waals surface area contributed by atoms with E-state index in [0.717, 1.165) is 24.5 Å². The van der Waals surface area contributed by atoms with Gasteiger partial charge in [-0.05, 0) is 36.2 Å². The van der Waals surface area contributed by atoms with E-state index < -0.39 is 22.9 Å². The van der Waals surface area contributed by atoms with Gasteiger partial charge in [-0.3, -0.25) is 4.79 Å². The average molecular weight is 466 g/mol. The fraction of sp³-hybridized carbons (Fsp3) is 0.190. The molecule has 7 nitrogen and oxygen atoms in total. The Balaban J connectivity index is 0.000000451. The summed E-state index contributed by atoms with van der Waals surface area (Å²) in [6.45, 7) is 1.27. The van der Waals surface area contributed by atoms with Crippen LogP contribution in [0.3, 0.4) is 0 Å². The van der Waals surface area contributed by atoms with Gasteiger partial charge in [-0.15, -0.1) is 0 Å². The van der Waals surface area contributed by atoms with Crippen LogP contribution in [0.15, 0.2) is 71.8 Å². The molecule has 0 spiro atoms. The van der Waals surface area contributed by atoms with Crippen LogP contribution in [0.1, 0.15) is 12.5 Å². The molecule has 11 heteroatoms. The van der Waals surface area contributed by atoms with Crippen molar-refractivity contribution in [2.75, 3.05) is 17.2 Å². The second-order valence-electron chi connectivity index (χ2n) is 6.43. The van der Waals surface area contributed by atoms with Crippen molar-refractivity contribution in [3.8, 4) is 0 Å². The third-order valence-corrected chi connectivity index (χ3v) is 4.66. The maximum atomic E-state index is 11.4. The zero-order valence-corrected chi connectivity index (χ0v) is 17.9. The molecule has 0 amide bonds. The van der Waals surface area contributed by atoms with E-state index in [4.69, 9.17) is 5.14 Å². The number of Topliss-reactive ketones (excluding diaryl/α,β-unsaturated/α-hetero) is 1. The quantitative estimate of drug-likeness (QED) is 0.487. The molecule has 1 unspecified atom stereocenters. The fourth-order valence-electron chi connectivity index (χ4n) is 2.33. The molecule has 1 heterocycles. The van der Waals surface area contributed by atoms with Gasteiger partial charge in [0.05, 0.1) is 4.90 Å². The summed E-state index contributed by atoms with van der Waals surface area (Å²) in [5.41, 5.74) is 2.01. The third-order valence-electron chi connectivity index (χ3n) is 3.94. The lowest BCUT2D eigenvalue weighted by atomic mass is 10.1. The van der Waals surface area contributed by atoms with Crippen molar-refractivity contribution in [2.45, 2.75) is 24.4 Å². The number of rotatable bonds is 7. The van der Waals surface area contributed by atoms with Crippen molar-refractivity contribution >= 4 is 34.2 Å². The van der Waals surface area contributed by atoms with Crippen LogP contribution in [-0.4, -0.2) is 32.7 Å². The smallest absolute Gasteiger partial charge is 0.370 e. The summed E-state index contributed by atoms with van der Waals surface area (Å²) in [7, 11) is -1.52. The van der Waals surface area contributed by atoms with Gasteiger partial charge in [0.1, 0.15) is 16.8 Å². The molecule has 4 N–H and O–H groups in total. The molecule has 0 aliphatic rings. The Morgan fingerprint density at radius 1 is 1.09 bits per heavy atom. The van der Waals surface area contributed by atoms with Crippen molar-refractivity contribution in [3.05, 3.63) is 72.4 Å². The molecule has 170 valence electrons. The topological polar surface area (TPSA) is 110 Å². The Morgan fingerprint density at radius 2 is 1.78 bits per heavy atom. The van der Waals surface area contributed by atoms with E-state index in [9.17, 15) is 22.2 Å². The molecule has 0 saturated heterocycles. The van der Waals surface area contributed by atoms with Crippen molar-refractivity contribution in [1.82, 2.24) is 9.97 Å². The minimum Gasteiger partial charge on any atom is -0.370 e. The van der Waals surface area contributed by atoms with Crippen molar-refractivity contribution in [1.29, 1.82) is 0 Å². The van der Waals surface area contributed by atoms with E-state index >= 15 is 0 Å². The predicted octanol–water partition coefficient (Wildman–Crippen LogP) is 3.99. The van der Waals surface area contributed by atoms with Gasteiger partial charge < -0.3 is 10.6 Å². The number of carbonyl (C=O) groups is 1. The van der Waals surface area contributed by atoms with Crippen LogP contribution in [0.2, 0.25) is 0 Å². The van der Waals surface area contributed by atoms with Crippen LogP contribution in [0.4, 0.5) is 30.6 Å². The SMILES string of the molecule is CC(=O)C(F)(F)F.NS(=O)c1cccc(Nc2nccc(NCCc3ccccc3)n2)c1. The molecule has 0 aliphatic carbocycles. The molecule has 1 aromatic heterocycles. The van der Waals surface area contributed by atoms with Gasteiger partial charge in [-0.2, -0.15) is 18.2 Å². The molecular weight excluding hydrogens is 443 g/mol. The minimum atomic E-state index is -4.64. The highest BCUT2D eigenvalue weighted by atomic mass is 32.2. The Morgan fingerprint density at radius 3 is 2.41 bits per heavy atom. The second kappa shape index (κ2) is 11.9. The number of carbonyl (C=O) groups excluding carboxylic acids is 1. The summed E-state index contributed by atoms with van der Waals surface area (Å²) in [6.07, 6.45) is -2.04. The van der Waals surface area contributed by atoms with Gasteiger partial charge in [-0.25, -0.2) is 14.3 Å². The van der Waals surface area contributed by atoms with E-state index in [1.54, 1.807) is 24.4 Å². The fourth-order valence-corrected chi connectivity index (χ4v) is 2.78. The number of halogens is 3. The number of anilines is 3. The molecule has 3 rings (SSSR count). The monoisotopic (exact) mass is 465 g/mol. The van der Waals surface area contributed by atoms with Crippen molar-refractivity contribution in [3.63, 3.8) is 0 Å². The number of hydrogen-bond acceptors (Lipinski definition) is 6. The van der Waals surface area contributed by atoms with Crippen LogP contribution in [0, 0.1) is 0 Å². The van der Waals surface area contributed by atoms with Crippen LogP contribution in [0.5, 0.6) is 0 Å². The Hall–Kier alpha value is -3.31. The number of alkyl halides is 3. The number of nitrogens with two attached hydrogens (primary N) is 1. The maximum Gasteiger partial charge on any atom is 0.449 e. The predicted molar refractivity (Wildman–Crippen MR) is 118 cm³/mol. The van der Waals surface area contributed by atoms with Crippen LogP contribution in [-0.2, 0) is 22.2 Å². The highest BCUT2D eigenvalue weighted by molar-refractivity contribution is 7.82. The third kappa shape index (κ3) is 8.82. The summed E-state index contributed by atoms with van der Waals surface area (Å²) in [4.78, 5) is 18.5. The van der Waals surface area contributed by atoms with Gasteiger partial charge in [0.25, 0.3) is 0 Å². The highest BCUT2D eigenvalue weighted by Crippen LogP contribution is 2.17. The number of aromatic nitrogens is 2. The van der Waals surface area contributed by atoms with Crippen molar-refractivity contribution < 1.29 is 22.2 Å². The van der Waals surface area contributed by atoms with Gasteiger partial charge in [0, 0.05) is 25.4 Å². The number of hydrogen-bond donors (Lipinski definition) is 3. The number of benzene rings is 2. The normalized spacial score (nSPS) is 11.7. The number of nitrogens with one attached hydrogen (secondary N) is 2. The van der Waals surface area contributed by atoms with Gasteiger partial charge in [-0.1, -0.05) is 36.4 Å². The van der Waals surface area contributed by atoms with E-state index in [0.29, 0.717) is 17.8 Å². The van der Waals surface area contributed by atoms with Gasteiger partial charge in [0.2, 0.25) is 11.7 Å².